The fourth-order valence-electron chi connectivity index (χ4n) is 1.04. The fourth-order valence-corrected chi connectivity index (χ4v) is 1.70. The average Bonchev–Trinajstić information content (AvgIpc) is 2.67. The Morgan fingerprint density at radius 1 is 1.27 bits per heavy atom. The molecule has 1 rings (SSSR count). The molecule has 0 saturated carbocycles. The predicted molar refractivity (Wildman–Crippen MR) is 55.1 cm³/mol. The van der Waals surface area contributed by atoms with Gasteiger partial charge in [-0.15, -0.1) is 11.3 Å². The van der Waals surface area contributed by atoms with Crippen molar-refractivity contribution in [3.63, 3.8) is 0 Å². The lowest BCUT2D eigenvalue weighted by Gasteiger charge is -1.96. The molecule has 0 atom stereocenters. The molecule has 15 heavy (non-hydrogen) atoms. The molecule has 80 valence electrons. The van der Waals surface area contributed by atoms with E-state index in [9.17, 15) is 14.4 Å². The van der Waals surface area contributed by atoms with Crippen LogP contribution in [-0.2, 0) is 9.59 Å². The second-order valence-electron chi connectivity index (χ2n) is 3.01. The van der Waals surface area contributed by atoms with E-state index in [-0.39, 0.29) is 30.8 Å². The fraction of sp³-hybridized carbons (Fsp3) is 0.300. The molecule has 0 amide bonds. The van der Waals surface area contributed by atoms with Crippen LogP contribution in [0.1, 0.15) is 28.9 Å². The number of thiophene rings is 1. The summed E-state index contributed by atoms with van der Waals surface area (Å²) in [7, 11) is 0. The van der Waals surface area contributed by atoms with Crippen molar-refractivity contribution in [2.45, 2.75) is 19.3 Å². The van der Waals surface area contributed by atoms with Crippen molar-refractivity contribution < 1.29 is 19.5 Å². The number of carbonyl (C=O) groups excluding carboxylic acids is 2. The molecule has 0 spiro atoms. The molecule has 0 aliphatic heterocycles. The van der Waals surface area contributed by atoms with Crippen LogP contribution in [0.2, 0.25) is 0 Å². The molecular weight excluding hydrogens is 216 g/mol. The molecule has 1 N–H and O–H groups in total. The molecule has 1 aromatic rings. The Hall–Kier alpha value is -1.49. The quantitative estimate of drug-likeness (QED) is 0.592. The van der Waals surface area contributed by atoms with Gasteiger partial charge in [0.2, 0.25) is 0 Å². The molecule has 0 unspecified atom stereocenters. The van der Waals surface area contributed by atoms with Crippen LogP contribution < -0.4 is 0 Å². The molecule has 0 saturated heterocycles. The third-order valence-corrected chi connectivity index (χ3v) is 2.68. The lowest BCUT2D eigenvalue weighted by molar-refractivity contribution is -0.138. The average molecular weight is 226 g/mol. The summed E-state index contributed by atoms with van der Waals surface area (Å²) in [5, 5.41) is 10.1. The number of carbonyl (C=O) groups is 3. The van der Waals surface area contributed by atoms with Gasteiger partial charge in [-0.3, -0.25) is 14.4 Å². The van der Waals surface area contributed by atoms with E-state index < -0.39 is 5.97 Å². The molecule has 1 aromatic heterocycles. The smallest absolute Gasteiger partial charge is 0.303 e. The van der Waals surface area contributed by atoms with E-state index in [1.165, 1.54) is 11.3 Å². The van der Waals surface area contributed by atoms with Crippen LogP contribution in [0.15, 0.2) is 17.5 Å². The third kappa shape index (κ3) is 4.03. The molecule has 4 nitrogen and oxygen atoms in total. The molecule has 0 fully saturated rings. The summed E-state index contributed by atoms with van der Waals surface area (Å²) >= 11 is 1.28. The standard InChI is InChI=1S/C10H10O4S/c11-7(3-4-10(13)14)6-8(12)9-2-1-5-15-9/h1-2,5H,3-4,6H2,(H,13,14). The Bertz CT molecular complexity index is 367. The third-order valence-electron chi connectivity index (χ3n) is 1.77. The van der Waals surface area contributed by atoms with Gasteiger partial charge in [0.25, 0.3) is 0 Å². The minimum Gasteiger partial charge on any atom is -0.481 e. The normalized spacial score (nSPS) is 9.87. The highest BCUT2D eigenvalue weighted by atomic mass is 32.1. The van der Waals surface area contributed by atoms with Gasteiger partial charge in [0.15, 0.2) is 5.78 Å². The van der Waals surface area contributed by atoms with Gasteiger partial charge in [-0.05, 0) is 11.4 Å². The maximum atomic E-state index is 11.4. The molecule has 0 aliphatic carbocycles. The van der Waals surface area contributed by atoms with Crippen molar-refractivity contribution in [2.75, 3.05) is 0 Å². The van der Waals surface area contributed by atoms with E-state index in [2.05, 4.69) is 0 Å². The predicted octanol–water partition coefficient (Wildman–Crippen LogP) is 1.75. The molecule has 0 radical (unpaired) electrons. The second kappa shape index (κ2) is 5.41. The van der Waals surface area contributed by atoms with E-state index >= 15 is 0 Å². The Balaban J connectivity index is 2.39. The van der Waals surface area contributed by atoms with Gasteiger partial charge in [-0.2, -0.15) is 0 Å². The van der Waals surface area contributed by atoms with Crippen LogP contribution in [0.3, 0.4) is 0 Å². The van der Waals surface area contributed by atoms with Gasteiger partial charge in [0.1, 0.15) is 5.78 Å². The Kier molecular flexibility index (Phi) is 4.17. The Morgan fingerprint density at radius 2 is 2.00 bits per heavy atom. The van der Waals surface area contributed by atoms with Crippen molar-refractivity contribution in [2.24, 2.45) is 0 Å². The SMILES string of the molecule is O=C(O)CCC(=O)CC(=O)c1cccs1. The number of hydrogen-bond acceptors (Lipinski definition) is 4. The largest absolute Gasteiger partial charge is 0.481 e. The minimum absolute atomic E-state index is 0.0769. The first-order valence-corrected chi connectivity index (χ1v) is 5.28. The van der Waals surface area contributed by atoms with Crippen LogP contribution in [0.5, 0.6) is 0 Å². The highest BCUT2D eigenvalue weighted by Crippen LogP contribution is 2.12. The lowest BCUT2D eigenvalue weighted by atomic mass is 10.1. The van der Waals surface area contributed by atoms with Gasteiger partial charge in [0, 0.05) is 6.42 Å². The first-order chi connectivity index (χ1) is 7.09. The zero-order valence-electron chi connectivity index (χ0n) is 7.93. The highest BCUT2D eigenvalue weighted by Gasteiger charge is 2.13. The van der Waals surface area contributed by atoms with Crippen molar-refractivity contribution >= 4 is 28.9 Å². The molecule has 0 bridgehead atoms. The van der Waals surface area contributed by atoms with Crippen molar-refractivity contribution in [3.05, 3.63) is 22.4 Å². The summed E-state index contributed by atoms with van der Waals surface area (Å²) in [5.41, 5.74) is 0. The highest BCUT2D eigenvalue weighted by molar-refractivity contribution is 7.12. The number of ketones is 2. The molecule has 0 aliphatic rings. The first kappa shape index (κ1) is 11.6. The summed E-state index contributed by atoms with van der Waals surface area (Å²) in [6.07, 6.45) is -0.489. The van der Waals surface area contributed by atoms with E-state index in [1.807, 2.05) is 0 Å². The summed E-state index contributed by atoms with van der Waals surface area (Å²) in [6.45, 7) is 0. The van der Waals surface area contributed by atoms with E-state index in [1.54, 1.807) is 17.5 Å². The summed E-state index contributed by atoms with van der Waals surface area (Å²) in [6, 6.07) is 3.39. The van der Waals surface area contributed by atoms with Crippen LogP contribution in [0, 0.1) is 0 Å². The van der Waals surface area contributed by atoms with Gasteiger partial charge in [0.05, 0.1) is 17.7 Å². The lowest BCUT2D eigenvalue weighted by Crippen LogP contribution is -2.08. The summed E-state index contributed by atoms with van der Waals surface area (Å²) in [5.74, 6) is -1.58. The Labute approximate surface area is 90.5 Å². The maximum absolute atomic E-state index is 11.4. The number of hydrogen-bond donors (Lipinski definition) is 1. The van der Waals surface area contributed by atoms with Gasteiger partial charge in [-0.25, -0.2) is 0 Å². The topological polar surface area (TPSA) is 71.4 Å². The van der Waals surface area contributed by atoms with Crippen molar-refractivity contribution in [3.8, 4) is 0 Å². The van der Waals surface area contributed by atoms with Gasteiger partial charge in [-0.1, -0.05) is 6.07 Å². The number of aliphatic carboxylic acids is 1. The number of rotatable bonds is 6. The van der Waals surface area contributed by atoms with Crippen LogP contribution >= 0.6 is 11.3 Å². The van der Waals surface area contributed by atoms with E-state index in [4.69, 9.17) is 5.11 Å². The minimum atomic E-state index is -1.02. The summed E-state index contributed by atoms with van der Waals surface area (Å²) in [4.78, 5) is 33.3. The van der Waals surface area contributed by atoms with Crippen LogP contribution in [0.25, 0.3) is 0 Å². The van der Waals surface area contributed by atoms with Gasteiger partial charge < -0.3 is 5.11 Å². The number of Topliss-reactive ketones (excluding diaryl/α,β-unsaturated/α-hetero) is 2. The van der Waals surface area contributed by atoms with Crippen LogP contribution in [-0.4, -0.2) is 22.6 Å². The maximum Gasteiger partial charge on any atom is 0.303 e. The number of carboxylic acids is 1. The zero-order chi connectivity index (χ0) is 11.3. The van der Waals surface area contributed by atoms with Crippen molar-refractivity contribution in [1.82, 2.24) is 0 Å². The number of carboxylic acid groups (broad SMARTS) is 1. The van der Waals surface area contributed by atoms with Crippen LogP contribution in [0.4, 0.5) is 0 Å². The second-order valence-corrected chi connectivity index (χ2v) is 3.96. The Morgan fingerprint density at radius 3 is 2.53 bits per heavy atom. The monoisotopic (exact) mass is 226 g/mol. The molecule has 0 aromatic carbocycles. The van der Waals surface area contributed by atoms with Gasteiger partial charge >= 0.3 is 5.97 Å². The first-order valence-electron chi connectivity index (χ1n) is 4.40. The zero-order valence-corrected chi connectivity index (χ0v) is 8.75. The summed E-state index contributed by atoms with van der Waals surface area (Å²) < 4.78 is 0. The van der Waals surface area contributed by atoms with Crippen molar-refractivity contribution in [1.29, 1.82) is 0 Å². The molecule has 5 heteroatoms. The van der Waals surface area contributed by atoms with E-state index in [0.29, 0.717) is 4.88 Å². The van der Waals surface area contributed by atoms with E-state index in [0.717, 1.165) is 0 Å². The molecule has 1 heterocycles. The molecular formula is C10H10O4S.